The molecule has 0 atom stereocenters. The Morgan fingerprint density at radius 2 is 1.65 bits per heavy atom. The molecule has 5 heteroatoms. The topological polar surface area (TPSA) is 40.6 Å². The zero-order chi connectivity index (χ0) is 18.5. The number of nitrogens with zero attached hydrogens (tertiary/aromatic N) is 2. The Morgan fingerprint density at radius 1 is 1.04 bits per heavy atom. The van der Waals surface area contributed by atoms with Crippen LogP contribution in [0.5, 0.6) is 0 Å². The quantitative estimate of drug-likeness (QED) is 0.782. The molecule has 26 heavy (non-hydrogen) atoms. The average Bonchev–Trinajstić information content (AvgIpc) is 2.69. The van der Waals surface area contributed by atoms with E-state index in [0.29, 0.717) is 35.6 Å². The fraction of sp³-hybridized carbons (Fsp3) is 0.619. The molecule has 1 aromatic carbocycles. The highest BCUT2D eigenvalue weighted by Gasteiger charge is 2.33. The molecule has 142 valence electrons. The average molecular weight is 377 g/mol. The van der Waals surface area contributed by atoms with Crippen molar-refractivity contribution in [1.29, 1.82) is 0 Å². The van der Waals surface area contributed by atoms with E-state index in [0.717, 1.165) is 32.2 Å². The third-order valence-electron chi connectivity index (χ3n) is 5.86. The van der Waals surface area contributed by atoms with Crippen LogP contribution in [0.2, 0.25) is 5.02 Å². The fourth-order valence-corrected chi connectivity index (χ4v) is 4.45. The number of hydrogen-bond donors (Lipinski definition) is 0. The van der Waals surface area contributed by atoms with Gasteiger partial charge in [0.25, 0.3) is 5.91 Å². The first-order valence-electron chi connectivity index (χ1n) is 9.95. The number of hydrogen-bond acceptors (Lipinski definition) is 2. The SMILES string of the molecule is CCN(C(=O)C1CCN(C(=O)c2ccc(Cl)cc2)CC1)C1CCCCC1. The van der Waals surface area contributed by atoms with Crippen LogP contribution in [0.3, 0.4) is 0 Å². The van der Waals surface area contributed by atoms with E-state index in [1.165, 1.54) is 19.3 Å². The zero-order valence-corrected chi connectivity index (χ0v) is 16.4. The van der Waals surface area contributed by atoms with Gasteiger partial charge in [0.1, 0.15) is 0 Å². The Labute approximate surface area is 161 Å². The monoisotopic (exact) mass is 376 g/mol. The van der Waals surface area contributed by atoms with Gasteiger partial charge in [0.05, 0.1) is 0 Å². The summed E-state index contributed by atoms with van der Waals surface area (Å²) in [4.78, 5) is 29.6. The van der Waals surface area contributed by atoms with Crippen LogP contribution in [-0.4, -0.2) is 47.3 Å². The van der Waals surface area contributed by atoms with E-state index in [2.05, 4.69) is 11.8 Å². The maximum Gasteiger partial charge on any atom is 0.253 e. The summed E-state index contributed by atoms with van der Waals surface area (Å²) >= 11 is 5.90. The lowest BCUT2D eigenvalue weighted by molar-refractivity contribution is -0.139. The number of rotatable bonds is 4. The molecule has 0 N–H and O–H groups in total. The molecule has 2 fully saturated rings. The van der Waals surface area contributed by atoms with Gasteiger partial charge in [0.2, 0.25) is 5.91 Å². The number of likely N-dealkylation sites (tertiary alicyclic amines) is 1. The molecule has 4 nitrogen and oxygen atoms in total. The van der Waals surface area contributed by atoms with Crippen molar-refractivity contribution in [1.82, 2.24) is 9.80 Å². The van der Waals surface area contributed by atoms with E-state index >= 15 is 0 Å². The van der Waals surface area contributed by atoms with Crippen LogP contribution >= 0.6 is 11.6 Å². The van der Waals surface area contributed by atoms with E-state index in [1.807, 2.05) is 4.90 Å². The van der Waals surface area contributed by atoms with Gasteiger partial charge in [-0.3, -0.25) is 9.59 Å². The minimum absolute atomic E-state index is 0.0344. The van der Waals surface area contributed by atoms with Gasteiger partial charge < -0.3 is 9.80 Å². The molecule has 2 aliphatic rings. The van der Waals surface area contributed by atoms with E-state index in [-0.39, 0.29) is 11.8 Å². The Kier molecular flexibility index (Phi) is 6.58. The highest BCUT2D eigenvalue weighted by molar-refractivity contribution is 6.30. The second-order valence-electron chi connectivity index (χ2n) is 7.49. The van der Waals surface area contributed by atoms with Crippen molar-refractivity contribution in [2.45, 2.75) is 57.9 Å². The van der Waals surface area contributed by atoms with Crippen LogP contribution in [-0.2, 0) is 4.79 Å². The molecule has 2 amide bonds. The molecular formula is C21H29ClN2O2. The lowest BCUT2D eigenvalue weighted by atomic mass is 9.90. The first kappa shape index (κ1) is 19.2. The van der Waals surface area contributed by atoms with Crippen molar-refractivity contribution in [2.24, 2.45) is 5.92 Å². The first-order valence-corrected chi connectivity index (χ1v) is 10.3. The molecule has 0 aromatic heterocycles. The number of carbonyl (C=O) groups excluding carboxylic acids is 2. The van der Waals surface area contributed by atoms with Crippen LogP contribution < -0.4 is 0 Å². The minimum atomic E-state index is 0.0344. The van der Waals surface area contributed by atoms with Gasteiger partial charge in [0, 0.05) is 42.2 Å². The summed E-state index contributed by atoms with van der Waals surface area (Å²) < 4.78 is 0. The van der Waals surface area contributed by atoms with Crippen LogP contribution in [0.4, 0.5) is 0 Å². The fourth-order valence-electron chi connectivity index (χ4n) is 4.33. The number of piperidine rings is 1. The highest BCUT2D eigenvalue weighted by Crippen LogP contribution is 2.27. The van der Waals surface area contributed by atoms with Crippen molar-refractivity contribution in [3.63, 3.8) is 0 Å². The predicted octanol–water partition coefficient (Wildman–Crippen LogP) is 4.37. The van der Waals surface area contributed by atoms with Gasteiger partial charge in [-0.05, 0) is 56.9 Å². The Morgan fingerprint density at radius 3 is 2.23 bits per heavy atom. The Balaban J connectivity index is 1.56. The lowest BCUT2D eigenvalue weighted by Gasteiger charge is -2.38. The van der Waals surface area contributed by atoms with E-state index in [1.54, 1.807) is 24.3 Å². The summed E-state index contributed by atoms with van der Waals surface area (Å²) in [6.07, 6.45) is 7.60. The molecule has 1 aromatic rings. The van der Waals surface area contributed by atoms with Crippen molar-refractivity contribution < 1.29 is 9.59 Å². The summed E-state index contributed by atoms with van der Waals surface area (Å²) in [5.74, 6) is 0.399. The van der Waals surface area contributed by atoms with Gasteiger partial charge in [-0.1, -0.05) is 30.9 Å². The minimum Gasteiger partial charge on any atom is -0.340 e. The summed E-state index contributed by atoms with van der Waals surface area (Å²) in [6.45, 7) is 4.19. The summed E-state index contributed by atoms with van der Waals surface area (Å²) in [5, 5.41) is 0.633. The van der Waals surface area contributed by atoms with Gasteiger partial charge in [-0.2, -0.15) is 0 Å². The molecular weight excluding hydrogens is 348 g/mol. The van der Waals surface area contributed by atoms with Crippen LogP contribution in [0.1, 0.15) is 62.2 Å². The van der Waals surface area contributed by atoms with Crippen molar-refractivity contribution in [2.75, 3.05) is 19.6 Å². The molecule has 0 radical (unpaired) electrons. The van der Waals surface area contributed by atoms with Gasteiger partial charge in [-0.25, -0.2) is 0 Å². The maximum absolute atomic E-state index is 13.0. The molecule has 1 aliphatic heterocycles. The molecule has 1 heterocycles. The summed E-state index contributed by atoms with van der Waals surface area (Å²) in [7, 11) is 0. The summed E-state index contributed by atoms with van der Waals surface area (Å²) in [6, 6.07) is 7.45. The van der Waals surface area contributed by atoms with Gasteiger partial charge in [0.15, 0.2) is 0 Å². The summed E-state index contributed by atoms with van der Waals surface area (Å²) in [5.41, 5.74) is 0.663. The van der Waals surface area contributed by atoms with Crippen LogP contribution in [0, 0.1) is 5.92 Å². The molecule has 0 bridgehead atoms. The van der Waals surface area contributed by atoms with E-state index < -0.39 is 0 Å². The lowest BCUT2D eigenvalue weighted by Crippen LogP contribution is -2.48. The zero-order valence-electron chi connectivity index (χ0n) is 15.6. The third kappa shape index (κ3) is 4.40. The molecule has 1 aliphatic carbocycles. The largest absolute Gasteiger partial charge is 0.340 e. The van der Waals surface area contributed by atoms with Crippen LogP contribution in [0.25, 0.3) is 0 Å². The predicted molar refractivity (Wildman–Crippen MR) is 104 cm³/mol. The number of amides is 2. The first-order chi connectivity index (χ1) is 12.6. The van der Waals surface area contributed by atoms with Crippen molar-refractivity contribution >= 4 is 23.4 Å². The van der Waals surface area contributed by atoms with Gasteiger partial charge >= 0.3 is 0 Å². The Hall–Kier alpha value is -1.55. The van der Waals surface area contributed by atoms with Gasteiger partial charge in [-0.15, -0.1) is 0 Å². The number of halogens is 1. The highest BCUT2D eigenvalue weighted by atomic mass is 35.5. The van der Waals surface area contributed by atoms with Crippen molar-refractivity contribution in [3.05, 3.63) is 34.9 Å². The molecule has 0 spiro atoms. The maximum atomic E-state index is 13.0. The van der Waals surface area contributed by atoms with E-state index in [9.17, 15) is 9.59 Å². The normalized spacial score (nSPS) is 19.4. The van der Waals surface area contributed by atoms with Crippen molar-refractivity contribution in [3.8, 4) is 0 Å². The van der Waals surface area contributed by atoms with E-state index in [4.69, 9.17) is 11.6 Å². The molecule has 0 unspecified atom stereocenters. The second kappa shape index (κ2) is 8.90. The van der Waals surface area contributed by atoms with Crippen LogP contribution in [0.15, 0.2) is 24.3 Å². The molecule has 1 saturated heterocycles. The second-order valence-corrected chi connectivity index (χ2v) is 7.93. The molecule has 1 saturated carbocycles. The number of carbonyl (C=O) groups is 2. The Bertz CT molecular complexity index is 617. The molecule has 3 rings (SSSR count). The smallest absolute Gasteiger partial charge is 0.253 e. The standard InChI is InChI=1S/C21H29ClN2O2/c1-2-24(19-6-4-3-5-7-19)21(26)17-12-14-23(15-13-17)20(25)16-8-10-18(22)11-9-16/h8-11,17,19H,2-7,12-15H2,1H3. The number of benzene rings is 1. The third-order valence-corrected chi connectivity index (χ3v) is 6.11.